The van der Waals surface area contributed by atoms with Crippen LogP contribution in [0.2, 0.25) is 0 Å². The lowest BCUT2D eigenvalue weighted by atomic mass is 10.2. The molecule has 0 aliphatic carbocycles. The van der Waals surface area contributed by atoms with Crippen LogP contribution in [0, 0.1) is 31.6 Å². The van der Waals surface area contributed by atoms with Gasteiger partial charge in [0.25, 0.3) is 11.4 Å². The Morgan fingerprint density at radius 1 is 1.28 bits per heavy atom. The van der Waals surface area contributed by atoms with Crippen molar-refractivity contribution in [2.24, 2.45) is 0 Å². The van der Waals surface area contributed by atoms with Crippen LogP contribution < -0.4 is 5.32 Å². The monoisotopic (exact) mass is 250 g/mol. The Hall–Kier alpha value is -3.02. The van der Waals surface area contributed by atoms with Crippen LogP contribution in [0.25, 0.3) is 0 Å². The van der Waals surface area contributed by atoms with Crippen molar-refractivity contribution in [3.8, 4) is 6.07 Å². The standard InChI is InChI=1S/C9H6N4O5/c10-5-4-8(14)11-9-6(12(15)16)2-1-3-7(9)13(17)18/h1-3H,4H2,(H,11,14). The number of nitrogens with one attached hydrogen (secondary N) is 1. The average molecular weight is 250 g/mol. The maximum absolute atomic E-state index is 11.2. The molecule has 1 N–H and O–H groups in total. The van der Waals surface area contributed by atoms with Gasteiger partial charge in [-0.15, -0.1) is 0 Å². The molecule has 1 amide bonds. The highest BCUT2D eigenvalue weighted by Gasteiger charge is 2.25. The van der Waals surface area contributed by atoms with E-state index < -0.39 is 39.2 Å². The fourth-order valence-corrected chi connectivity index (χ4v) is 1.22. The van der Waals surface area contributed by atoms with Crippen molar-refractivity contribution in [3.05, 3.63) is 38.4 Å². The molecular formula is C9H6N4O5. The second-order valence-electron chi connectivity index (χ2n) is 3.07. The van der Waals surface area contributed by atoms with E-state index in [0.29, 0.717) is 0 Å². The Labute approximate surface area is 99.9 Å². The number of nitro benzene ring substituents is 2. The number of carbonyl (C=O) groups excluding carboxylic acids is 1. The predicted octanol–water partition coefficient (Wildman–Crippen LogP) is 1.36. The van der Waals surface area contributed by atoms with E-state index in [4.69, 9.17) is 5.26 Å². The number of hydrogen-bond acceptors (Lipinski definition) is 6. The second kappa shape index (κ2) is 5.35. The van der Waals surface area contributed by atoms with E-state index in [9.17, 15) is 25.0 Å². The van der Waals surface area contributed by atoms with Gasteiger partial charge in [0.1, 0.15) is 6.42 Å². The van der Waals surface area contributed by atoms with Crippen LogP contribution in [0.1, 0.15) is 6.42 Å². The van der Waals surface area contributed by atoms with Gasteiger partial charge in [-0.2, -0.15) is 5.26 Å². The number of anilines is 1. The largest absolute Gasteiger partial charge is 0.314 e. The third-order valence-corrected chi connectivity index (χ3v) is 1.92. The SMILES string of the molecule is N#CCC(=O)Nc1c([N+](=O)[O-])cccc1[N+](=O)[O-]. The van der Waals surface area contributed by atoms with Gasteiger partial charge < -0.3 is 5.32 Å². The molecule has 0 aliphatic rings. The van der Waals surface area contributed by atoms with Crippen LogP contribution in [0.5, 0.6) is 0 Å². The van der Waals surface area contributed by atoms with E-state index in [1.165, 1.54) is 6.07 Å². The lowest BCUT2D eigenvalue weighted by Gasteiger charge is -2.04. The van der Waals surface area contributed by atoms with Crippen LogP contribution in [0.15, 0.2) is 18.2 Å². The molecule has 0 saturated heterocycles. The molecule has 0 bridgehead atoms. The van der Waals surface area contributed by atoms with Gasteiger partial charge in [0.15, 0.2) is 5.69 Å². The fourth-order valence-electron chi connectivity index (χ4n) is 1.22. The van der Waals surface area contributed by atoms with Crippen molar-refractivity contribution >= 4 is 23.0 Å². The highest BCUT2D eigenvalue weighted by Crippen LogP contribution is 2.33. The molecule has 92 valence electrons. The summed E-state index contributed by atoms with van der Waals surface area (Å²) in [7, 11) is 0. The Bertz CT molecular complexity index is 530. The Morgan fingerprint density at radius 3 is 2.17 bits per heavy atom. The zero-order valence-electron chi connectivity index (χ0n) is 8.82. The molecule has 0 fully saturated rings. The summed E-state index contributed by atoms with van der Waals surface area (Å²) < 4.78 is 0. The summed E-state index contributed by atoms with van der Waals surface area (Å²) in [6, 6.07) is 4.71. The summed E-state index contributed by atoms with van der Waals surface area (Å²) in [4.78, 5) is 30.9. The van der Waals surface area contributed by atoms with E-state index in [0.717, 1.165) is 18.2 Å². The van der Waals surface area contributed by atoms with Crippen LogP contribution in [0.3, 0.4) is 0 Å². The summed E-state index contributed by atoms with van der Waals surface area (Å²) in [6.07, 6.45) is -0.552. The van der Waals surface area contributed by atoms with Crippen molar-refractivity contribution in [1.82, 2.24) is 0 Å². The molecule has 0 heterocycles. The van der Waals surface area contributed by atoms with Gasteiger partial charge in [-0.05, 0) is 6.07 Å². The third-order valence-electron chi connectivity index (χ3n) is 1.92. The van der Waals surface area contributed by atoms with E-state index in [1.54, 1.807) is 0 Å². The molecule has 1 aromatic rings. The minimum absolute atomic E-state index is 0.521. The molecule has 0 aliphatic heterocycles. The first kappa shape index (κ1) is 13.0. The van der Waals surface area contributed by atoms with Crippen LogP contribution >= 0.6 is 0 Å². The lowest BCUT2D eigenvalue weighted by molar-refractivity contribution is -0.392. The first-order valence-corrected chi connectivity index (χ1v) is 4.56. The normalized spacial score (nSPS) is 9.28. The molecule has 9 nitrogen and oxygen atoms in total. The van der Waals surface area contributed by atoms with Gasteiger partial charge in [0.2, 0.25) is 5.91 Å². The van der Waals surface area contributed by atoms with Gasteiger partial charge in [-0.3, -0.25) is 25.0 Å². The number of amides is 1. The summed E-state index contributed by atoms with van der Waals surface area (Å²) >= 11 is 0. The number of hydrogen-bond donors (Lipinski definition) is 1. The Kier molecular flexibility index (Phi) is 3.88. The van der Waals surface area contributed by atoms with Gasteiger partial charge in [-0.1, -0.05) is 0 Å². The predicted molar refractivity (Wildman–Crippen MR) is 58.6 cm³/mol. The zero-order chi connectivity index (χ0) is 13.7. The van der Waals surface area contributed by atoms with Gasteiger partial charge in [0.05, 0.1) is 15.9 Å². The number of para-hydroxylation sites is 1. The molecule has 1 aromatic carbocycles. The smallest absolute Gasteiger partial charge is 0.299 e. The lowest BCUT2D eigenvalue weighted by Crippen LogP contribution is -2.13. The summed E-state index contributed by atoms with van der Waals surface area (Å²) in [6.45, 7) is 0. The Morgan fingerprint density at radius 2 is 1.78 bits per heavy atom. The first-order chi connectivity index (χ1) is 8.47. The molecule has 0 aromatic heterocycles. The van der Waals surface area contributed by atoms with E-state index in [-0.39, 0.29) is 0 Å². The van der Waals surface area contributed by atoms with E-state index in [1.807, 2.05) is 5.32 Å². The highest BCUT2D eigenvalue weighted by molar-refractivity contribution is 5.97. The minimum atomic E-state index is -0.852. The van der Waals surface area contributed by atoms with Gasteiger partial charge >= 0.3 is 0 Å². The van der Waals surface area contributed by atoms with Crippen molar-refractivity contribution in [1.29, 1.82) is 5.26 Å². The molecular weight excluding hydrogens is 244 g/mol. The number of nitrogens with zero attached hydrogens (tertiary/aromatic N) is 3. The Balaban J connectivity index is 3.28. The maximum Gasteiger partial charge on any atom is 0.299 e. The number of nitro groups is 2. The topological polar surface area (TPSA) is 139 Å². The summed E-state index contributed by atoms with van der Waals surface area (Å²) in [5, 5.41) is 31.7. The average Bonchev–Trinajstić information content (AvgIpc) is 2.28. The number of benzene rings is 1. The van der Waals surface area contributed by atoms with E-state index >= 15 is 0 Å². The molecule has 18 heavy (non-hydrogen) atoms. The molecule has 9 heteroatoms. The van der Waals surface area contributed by atoms with Crippen molar-refractivity contribution in [2.45, 2.75) is 6.42 Å². The quantitative estimate of drug-likeness (QED) is 0.631. The van der Waals surface area contributed by atoms with Crippen molar-refractivity contribution < 1.29 is 14.6 Å². The number of rotatable bonds is 4. The second-order valence-corrected chi connectivity index (χ2v) is 3.07. The molecule has 0 radical (unpaired) electrons. The van der Waals surface area contributed by atoms with Crippen LogP contribution in [0.4, 0.5) is 17.1 Å². The first-order valence-electron chi connectivity index (χ1n) is 4.56. The van der Waals surface area contributed by atoms with Gasteiger partial charge in [-0.25, -0.2) is 0 Å². The molecule has 0 atom stereocenters. The molecule has 0 saturated carbocycles. The third kappa shape index (κ3) is 2.76. The molecule has 0 unspecified atom stereocenters. The molecule has 1 rings (SSSR count). The van der Waals surface area contributed by atoms with Gasteiger partial charge in [0, 0.05) is 12.1 Å². The number of carbonyl (C=O) groups is 1. The van der Waals surface area contributed by atoms with Crippen LogP contribution in [-0.2, 0) is 4.79 Å². The summed E-state index contributed by atoms with van der Waals surface area (Å²) in [5.74, 6) is -0.852. The van der Waals surface area contributed by atoms with Crippen molar-refractivity contribution in [3.63, 3.8) is 0 Å². The minimum Gasteiger partial charge on any atom is -0.314 e. The summed E-state index contributed by atoms with van der Waals surface area (Å²) in [5.41, 5.74) is -1.72. The maximum atomic E-state index is 11.2. The molecule has 0 spiro atoms. The zero-order valence-corrected chi connectivity index (χ0v) is 8.82. The number of nitriles is 1. The fraction of sp³-hybridized carbons (Fsp3) is 0.111. The van der Waals surface area contributed by atoms with Crippen molar-refractivity contribution in [2.75, 3.05) is 5.32 Å². The van der Waals surface area contributed by atoms with E-state index in [2.05, 4.69) is 0 Å². The van der Waals surface area contributed by atoms with Crippen LogP contribution in [-0.4, -0.2) is 15.8 Å². The highest BCUT2D eigenvalue weighted by atomic mass is 16.6.